The molecule has 0 aliphatic heterocycles. The Balaban J connectivity index is 1.64. The van der Waals surface area contributed by atoms with E-state index in [-0.39, 0.29) is 0 Å². The minimum Gasteiger partial charge on any atom is -0.496 e. The van der Waals surface area contributed by atoms with Crippen LogP contribution in [0.2, 0.25) is 10.0 Å². The van der Waals surface area contributed by atoms with Gasteiger partial charge in [0.05, 0.1) is 7.11 Å². The average Bonchev–Trinajstić information content (AvgIpc) is 2.69. The lowest BCUT2D eigenvalue weighted by atomic mass is 10.1. The van der Waals surface area contributed by atoms with Crippen molar-refractivity contribution in [2.75, 3.05) is 7.11 Å². The van der Waals surface area contributed by atoms with Crippen LogP contribution in [-0.2, 0) is 19.7 Å². The van der Waals surface area contributed by atoms with Crippen LogP contribution >= 0.6 is 23.2 Å². The van der Waals surface area contributed by atoms with Crippen molar-refractivity contribution in [3.8, 4) is 11.5 Å². The summed E-state index contributed by atoms with van der Waals surface area (Å²) >= 11 is 12.1. The van der Waals surface area contributed by atoms with Gasteiger partial charge in [0, 0.05) is 34.3 Å². The van der Waals surface area contributed by atoms with E-state index < -0.39 is 0 Å². The Bertz CT molecular complexity index is 882. The molecule has 5 heteroatoms. The normalized spacial score (nSPS) is 10.6. The molecule has 0 radical (unpaired) electrons. The van der Waals surface area contributed by atoms with Crippen molar-refractivity contribution in [1.29, 1.82) is 0 Å². The number of hydrogen-bond donors (Lipinski definition) is 1. The maximum atomic E-state index is 6.18. The van der Waals surface area contributed by atoms with Crippen LogP contribution < -0.4 is 14.8 Å². The second-order valence-corrected chi connectivity index (χ2v) is 6.96. The van der Waals surface area contributed by atoms with Gasteiger partial charge in [-0.2, -0.15) is 0 Å². The highest BCUT2D eigenvalue weighted by atomic mass is 35.5. The van der Waals surface area contributed by atoms with Gasteiger partial charge >= 0.3 is 0 Å². The third kappa shape index (κ3) is 5.64. The standard InChI is InChI=1S/C22H21Cl2NO2/c1-26-21-5-3-2-4-17(21)13-25-14-18-12-20(24)10-11-22(18)27-15-16-6-8-19(23)9-7-16/h2-12,25H,13-15H2,1H3. The quantitative estimate of drug-likeness (QED) is 0.511. The number of benzene rings is 3. The zero-order valence-electron chi connectivity index (χ0n) is 15.0. The second kappa shape index (κ2) is 9.65. The molecule has 3 nitrogen and oxygen atoms in total. The fourth-order valence-electron chi connectivity index (χ4n) is 2.75. The summed E-state index contributed by atoms with van der Waals surface area (Å²) in [5.74, 6) is 1.68. The van der Waals surface area contributed by atoms with Crippen LogP contribution in [0.25, 0.3) is 0 Å². The molecule has 27 heavy (non-hydrogen) atoms. The molecule has 0 atom stereocenters. The lowest BCUT2D eigenvalue weighted by molar-refractivity contribution is 0.302. The third-order valence-corrected chi connectivity index (χ3v) is 4.64. The minimum absolute atomic E-state index is 0.471. The van der Waals surface area contributed by atoms with Crippen molar-refractivity contribution in [3.63, 3.8) is 0 Å². The molecule has 0 aromatic heterocycles. The molecule has 1 N–H and O–H groups in total. The molecule has 0 bridgehead atoms. The van der Waals surface area contributed by atoms with Gasteiger partial charge in [-0.25, -0.2) is 0 Å². The number of ether oxygens (including phenoxy) is 2. The maximum Gasteiger partial charge on any atom is 0.124 e. The predicted molar refractivity (Wildman–Crippen MR) is 111 cm³/mol. The van der Waals surface area contributed by atoms with Crippen LogP contribution in [0.1, 0.15) is 16.7 Å². The molecule has 3 rings (SSSR count). The molecule has 0 aliphatic rings. The summed E-state index contributed by atoms with van der Waals surface area (Å²) in [6, 6.07) is 21.3. The lowest BCUT2D eigenvalue weighted by Crippen LogP contribution is -2.14. The fourth-order valence-corrected chi connectivity index (χ4v) is 3.07. The van der Waals surface area contributed by atoms with Gasteiger partial charge in [-0.15, -0.1) is 0 Å². The van der Waals surface area contributed by atoms with Crippen molar-refractivity contribution < 1.29 is 9.47 Å². The Morgan fingerprint density at radius 1 is 0.778 bits per heavy atom. The van der Waals surface area contributed by atoms with Gasteiger partial charge in [0.1, 0.15) is 18.1 Å². The summed E-state index contributed by atoms with van der Waals surface area (Å²) in [4.78, 5) is 0. The Labute approximate surface area is 169 Å². The first-order valence-electron chi connectivity index (χ1n) is 8.64. The molecule has 0 amide bonds. The number of hydrogen-bond acceptors (Lipinski definition) is 3. The van der Waals surface area contributed by atoms with Gasteiger partial charge < -0.3 is 14.8 Å². The van der Waals surface area contributed by atoms with Crippen LogP contribution in [0.3, 0.4) is 0 Å². The largest absolute Gasteiger partial charge is 0.496 e. The van der Waals surface area contributed by atoms with E-state index in [1.165, 1.54) is 0 Å². The van der Waals surface area contributed by atoms with E-state index in [4.69, 9.17) is 32.7 Å². The smallest absolute Gasteiger partial charge is 0.124 e. The number of para-hydroxylation sites is 1. The van der Waals surface area contributed by atoms with Crippen molar-refractivity contribution in [2.24, 2.45) is 0 Å². The zero-order chi connectivity index (χ0) is 19.1. The van der Waals surface area contributed by atoms with E-state index in [1.54, 1.807) is 7.11 Å². The first-order valence-corrected chi connectivity index (χ1v) is 9.39. The van der Waals surface area contributed by atoms with Gasteiger partial charge in [0.2, 0.25) is 0 Å². The molecule has 0 saturated carbocycles. The van der Waals surface area contributed by atoms with E-state index in [0.29, 0.717) is 29.7 Å². The summed E-state index contributed by atoms with van der Waals surface area (Å²) in [6.07, 6.45) is 0. The average molecular weight is 402 g/mol. The van der Waals surface area contributed by atoms with Gasteiger partial charge in [0.15, 0.2) is 0 Å². The molecular formula is C22H21Cl2NO2. The lowest BCUT2D eigenvalue weighted by Gasteiger charge is -2.14. The molecule has 3 aromatic carbocycles. The van der Waals surface area contributed by atoms with E-state index in [9.17, 15) is 0 Å². The minimum atomic E-state index is 0.471. The second-order valence-electron chi connectivity index (χ2n) is 6.08. The van der Waals surface area contributed by atoms with E-state index in [2.05, 4.69) is 5.32 Å². The number of methoxy groups -OCH3 is 1. The fraction of sp³-hybridized carbons (Fsp3) is 0.182. The molecule has 140 valence electrons. The highest BCUT2D eigenvalue weighted by Crippen LogP contribution is 2.25. The Morgan fingerprint density at radius 2 is 1.48 bits per heavy atom. The summed E-state index contributed by atoms with van der Waals surface area (Å²) in [7, 11) is 1.68. The first-order chi connectivity index (χ1) is 13.2. The highest BCUT2D eigenvalue weighted by molar-refractivity contribution is 6.30. The van der Waals surface area contributed by atoms with Crippen LogP contribution in [0, 0.1) is 0 Å². The number of nitrogens with one attached hydrogen (secondary N) is 1. The summed E-state index contributed by atoms with van der Waals surface area (Å²) in [6.45, 7) is 1.79. The molecule has 0 heterocycles. The van der Waals surface area contributed by atoms with E-state index >= 15 is 0 Å². The number of halogens is 2. The van der Waals surface area contributed by atoms with E-state index in [0.717, 1.165) is 28.2 Å². The van der Waals surface area contributed by atoms with Gasteiger partial charge in [0.25, 0.3) is 0 Å². The van der Waals surface area contributed by atoms with Crippen molar-refractivity contribution >= 4 is 23.2 Å². The third-order valence-electron chi connectivity index (χ3n) is 4.15. The van der Waals surface area contributed by atoms with Crippen LogP contribution in [-0.4, -0.2) is 7.11 Å². The molecule has 0 saturated heterocycles. The predicted octanol–water partition coefficient (Wildman–Crippen LogP) is 5.87. The van der Waals surface area contributed by atoms with Crippen molar-refractivity contribution in [3.05, 3.63) is 93.5 Å². The molecule has 0 spiro atoms. The summed E-state index contributed by atoms with van der Waals surface area (Å²) in [5, 5.41) is 4.83. The molecule has 0 unspecified atom stereocenters. The SMILES string of the molecule is COc1ccccc1CNCc1cc(Cl)ccc1OCc1ccc(Cl)cc1. The Kier molecular flexibility index (Phi) is 6.99. The van der Waals surface area contributed by atoms with E-state index in [1.807, 2.05) is 66.7 Å². The van der Waals surface area contributed by atoms with Crippen LogP contribution in [0.15, 0.2) is 66.7 Å². The van der Waals surface area contributed by atoms with Crippen LogP contribution in [0.5, 0.6) is 11.5 Å². The Morgan fingerprint density at radius 3 is 2.26 bits per heavy atom. The van der Waals surface area contributed by atoms with Crippen molar-refractivity contribution in [2.45, 2.75) is 19.7 Å². The maximum absolute atomic E-state index is 6.18. The van der Waals surface area contributed by atoms with Gasteiger partial charge in [-0.3, -0.25) is 0 Å². The van der Waals surface area contributed by atoms with Gasteiger partial charge in [-0.1, -0.05) is 53.5 Å². The van der Waals surface area contributed by atoms with Gasteiger partial charge in [-0.05, 0) is 42.0 Å². The topological polar surface area (TPSA) is 30.5 Å². The highest BCUT2D eigenvalue weighted by Gasteiger charge is 2.07. The van der Waals surface area contributed by atoms with Crippen LogP contribution in [0.4, 0.5) is 0 Å². The molecule has 3 aromatic rings. The monoisotopic (exact) mass is 401 g/mol. The first kappa shape index (κ1) is 19.6. The molecular weight excluding hydrogens is 381 g/mol. The summed E-state index contributed by atoms with van der Waals surface area (Å²) in [5.41, 5.74) is 3.17. The molecule has 0 fully saturated rings. The molecule has 0 aliphatic carbocycles. The Hall–Kier alpha value is -2.20. The summed E-state index contributed by atoms with van der Waals surface area (Å²) < 4.78 is 11.4. The van der Waals surface area contributed by atoms with Crippen molar-refractivity contribution in [1.82, 2.24) is 5.32 Å². The zero-order valence-corrected chi connectivity index (χ0v) is 16.6. The number of rotatable bonds is 8.